The minimum atomic E-state index is -0.303. The maximum Gasteiger partial charge on any atom is 0.280 e. The van der Waals surface area contributed by atoms with Crippen molar-refractivity contribution in [2.75, 3.05) is 55.9 Å². The van der Waals surface area contributed by atoms with E-state index in [1.54, 1.807) is 23.0 Å². The number of anilines is 3. The van der Waals surface area contributed by atoms with Gasteiger partial charge in [-0.05, 0) is 102 Å². The van der Waals surface area contributed by atoms with E-state index < -0.39 is 0 Å². The number of carbonyl (C=O) groups is 1. The first kappa shape index (κ1) is 27.3. The second-order valence-electron chi connectivity index (χ2n) is 11.7. The monoisotopic (exact) mass is 556 g/mol. The molecular weight excluding hydrogens is 516 g/mol. The summed E-state index contributed by atoms with van der Waals surface area (Å²) in [5, 5.41) is 11.4. The first-order chi connectivity index (χ1) is 19.9. The number of guanidine groups is 1. The summed E-state index contributed by atoms with van der Waals surface area (Å²) in [4.78, 5) is 27.4. The van der Waals surface area contributed by atoms with Crippen molar-refractivity contribution in [1.82, 2.24) is 19.7 Å². The van der Waals surface area contributed by atoms with Crippen molar-refractivity contribution in [2.24, 2.45) is 23.9 Å². The van der Waals surface area contributed by atoms with E-state index in [0.717, 1.165) is 67.2 Å². The Morgan fingerprint density at radius 2 is 2.00 bits per heavy atom. The molecule has 6 rings (SSSR count). The van der Waals surface area contributed by atoms with E-state index in [-0.39, 0.29) is 5.91 Å². The van der Waals surface area contributed by atoms with Crippen LogP contribution < -0.4 is 20.3 Å². The number of nitrogens with one attached hydrogen (secondary N) is 2. The summed E-state index contributed by atoms with van der Waals surface area (Å²) in [6.45, 7) is 5.24. The zero-order valence-electron chi connectivity index (χ0n) is 24.5. The molecule has 216 valence electrons. The van der Waals surface area contributed by atoms with Crippen molar-refractivity contribution < 1.29 is 9.53 Å². The van der Waals surface area contributed by atoms with Crippen LogP contribution in [0.15, 0.2) is 41.5 Å². The maximum atomic E-state index is 13.7. The zero-order valence-corrected chi connectivity index (χ0v) is 24.5. The van der Waals surface area contributed by atoms with Crippen LogP contribution >= 0.6 is 0 Å². The Morgan fingerprint density at radius 3 is 2.80 bits per heavy atom. The van der Waals surface area contributed by atoms with Crippen LogP contribution in [0.1, 0.15) is 48.2 Å². The molecule has 2 aliphatic heterocycles. The number of nitrogens with zero attached hydrogens (tertiary/aromatic N) is 6. The van der Waals surface area contributed by atoms with E-state index in [0.29, 0.717) is 41.5 Å². The van der Waals surface area contributed by atoms with Gasteiger partial charge < -0.3 is 25.2 Å². The minimum absolute atomic E-state index is 0.303. The number of rotatable bonds is 6. The van der Waals surface area contributed by atoms with E-state index in [1.807, 2.05) is 14.0 Å². The Morgan fingerprint density at radius 1 is 1.15 bits per heavy atom. The van der Waals surface area contributed by atoms with Gasteiger partial charge in [-0.1, -0.05) is 0 Å². The molecule has 2 N–H and O–H groups in total. The van der Waals surface area contributed by atoms with Crippen molar-refractivity contribution in [3.05, 3.63) is 47.8 Å². The zero-order chi connectivity index (χ0) is 28.5. The molecule has 1 saturated carbocycles. The number of benzene rings is 1. The number of hydrogen-bond acceptors (Lipinski definition) is 8. The summed E-state index contributed by atoms with van der Waals surface area (Å²) in [5.74, 6) is 2.14. The molecule has 0 unspecified atom stereocenters. The number of aliphatic imine (C=N–C) groups is 1. The fraction of sp³-hybridized carbons (Fsp3) is 0.484. The first-order valence-corrected chi connectivity index (χ1v) is 14.7. The van der Waals surface area contributed by atoms with Gasteiger partial charge in [0.05, 0.1) is 35.4 Å². The molecule has 1 atom stereocenters. The van der Waals surface area contributed by atoms with Gasteiger partial charge in [-0.2, -0.15) is 10.1 Å². The minimum Gasteiger partial charge on any atom is -0.477 e. The molecule has 2 bridgehead atoms. The van der Waals surface area contributed by atoms with Gasteiger partial charge in [0.25, 0.3) is 5.91 Å². The summed E-state index contributed by atoms with van der Waals surface area (Å²) in [7, 11) is 6.05. The highest BCUT2D eigenvalue weighted by atomic mass is 16.5. The summed E-state index contributed by atoms with van der Waals surface area (Å²) in [5.41, 5.74) is 5.76. The van der Waals surface area contributed by atoms with Crippen molar-refractivity contribution in [3.63, 3.8) is 0 Å². The Hall–Kier alpha value is -3.92. The summed E-state index contributed by atoms with van der Waals surface area (Å²) < 4.78 is 8.00. The van der Waals surface area contributed by atoms with Crippen LogP contribution in [0.5, 0.6) is 5.88 Å². The average Bonchev–Trinajstić information content (AvgIpc) is 3.64. The van der Waals surface area contributed by atoms with Crippen molar-refractivity contribution >= 4 is 28.9 Å². The standard InChI is InChI=1S/C31H40N8O2/c1-20-15-23-16-26(34-20)25-18-33-38(4)30(25)41-14-5-7-22(21-8-9-21)19-39-28-11-10-24(32-12-6-13-37(2)3)17-27(28)35-31(39)36-29(23)40/h10-11,15-18,21-22,32H,5-9,12-14,19H2,1-4H3,(H,35,36,40)/t22-/m1/s1. The van der Waals surface area contributed by atoms with Crippen LogP contribution in [-0.4, -0.2) is 71.9 Å². The second-order valence-corrected chi connectivity index (χ2v) is 11.7. The lowest BCUT2D eigenvalue weighted by Crippen LogP contribution is -2.36. The van der Waals surface area contributed by atoms with Gasteiger partial charge in [-0.3, -0.25) is 9.78 Å². The van der Waals surface area contributed by atoms with Gasteiger partial charge in [0.15, 0.2) is 0 Å². The Kier molecular flexibility index (Phi) is 7.66. The first-order valence-electron chi connectivity index (χ1n) is 14.7. The van der Waals surface area contributed by atoms with E-state index in [9.17, 15) is 4.79 Å². The third-order valence-corrected chi connectivity index (χ3v) is 8.13. The Balaban J connectivity index is 1.34. The summed E-state index contributed by atoms with van der Waals surface area (Å²) in [6, 6.07) is 9.98. The van der Waals surface area contributed by atoms with Crippen LogP contribution in [0, 0.1) is 18.8 Å². The van der Waals surface area contributed by atoms with E-state index in [4.69, 9.17) is 9.72 Å². The Bertz CT molecular complexity index is 1460. The van der Waals surface area contributed by atoms with Gasteiger partial charge in [-0.25, -0.2) is 4.68 Å². The normalized spacial score (nSPS) is 20.1. The molecule has 41 heavy (non-hydrogen) atoms. The Labute approximate surface area is 241 Å². The molecule has 0 spiro atoms. The van der Waals surface area contributed by atoms with E-state index in [1.165, 1.54) is 12.8 Å². The second kappa shape index (κ2) is 11.5. The molecule has 10 heteroatoms. The molecule has 4 heterocycles. The van der Waals surface area contributed by atoms with Crippen LogP contribution in [0.2, 0.25) is 0 Å². The molecule has 3 aliphatic rings. The summed E-state index contributed by atoms with van der Waals surface area (Å²) in [6.07, 6.45) is 7.30. The predicted octanol–water partition coefficient (Wildman–Crippen LogP) is 4.78. The third kappa shape index (κ3) is 6.07. The molecular formula is C31H40N8O2. The molecule has 1 fully saturated rings. The fourth-order valence-electron chi connectivity index (χ4n) is 5.84. The molecule has 1 amide bonds. The number of aryl methyl sites for hydroxylation is 2. The third-order valence-electron chi connectivity index (χ3n) is 8.13. The number of amides is 1. The average molecular weight is 557 g/mol. The van der Waals surface area contributed by atoms with Gasteiger partial charge in [0, 0.05) is 37.1 Å². The van der Waals surface area contributed by atoms with Gasteiger partial charge in [0.1, 0.15) is 0 Å². The van der Waals surface area contributed by atoms with Crippen LogP contribution in [0.4, 0.5) is 17.1 Å². The molecule has 10 nitrogen and oxygen atoms in total. The number of carbonyl (C=O) groups excluding carboxylic acids is 1. The molecule has 1 aromatic carbocycles. The molecule has 0 saturated heterocycles. The number of aromatic nitrogens is 3. The number of pyridine rings is 1. The fourth-order valence-corrected chi connectivity index (χ4v) is 5.84. The number of ether oxygens (including phenoxy) is 1. The van der Waals surface area contributed by atoms with Crippen LogP contribution in [0.3, 0.4) is 0 Å². The summed E-state index contributed by atoms with van der Waals surface area (Å²) >= 11 is 0. The van der Waals surface area contributed by atoms with E-state index in [2.05, 4.69) is 62.8 Å². The highest BCUT2D eigenvalue weighted by Crippen LogP contribution is 2.43. The maximum absolute atomic E-state index is 13.7. The lowest BCUT2D eigenvalue weighted by atomic mass is 9.97. The van der Waals surface area contributed by atoms with Crippen molar-refractivity contribution in [2.45, 2.75) is 39.0 Å². The van der Waals surface area contributed by atoms with Crippen molar-refractivity contribution in [1.29, 1.82) is 0 Å². The highest BCUT2D eigenvalue weighted by Gasteiger charge is 2.36. The van der Waals surface area contributed by atoms with Crippen molar-refractivity contribution in [3.8, 4) is 17.1 Å². The SMILES string of the molecule is Cc1cc2cc(n1)-c1cnn(C)c1OCCC[C@@H](C1CC1)CN1/C(=N/C2=O)Nc2cc(NCCCN(C)C)ccc21. The molecule has 3 aromatic rings. The molecule has 0 radical (unpaired) electrons. The van der Waals surface area contributed by atoms with Crippen LogP contribution in [0.25, 0.3) is 11.3 Å². The van der Waals surface area contributed by atoms with Gasteiger partial charge in [-0.15, -0.1) is 0 Å². The lowest BCUT2D eigenvalue weighted by molar-refractivity contribution is 0.100. The molecule has 1 aliphatic carbocycles. The topological polar surface area (TPSA) is 99.9 Å². The number of hydrogen-bond donors (Lipinski definition) is 2. The van der Waals surface area contributed by atoms with Gasteiger partial charge >= 0.3 is 0 Å². The van der Waals surface area contributed by atoms with Crippen LogP contribution in [-0.2, 0) is 7.05 Å². The van der Waals surface area contributed by atoms with E-state index >= 15 is 0 Å². The largest absolute Gasteiger partial charge is 0.477 e. The smallest absolute Gasteiger partial charge is 0.280 e. The predicted molar refractivity (Wildman–Crippen MR) is 163 cm³/mol. The molecule has 2 aromatic heterocycles. The highest BCUT2D eigenvalue weighted by molar-refractivity contribution is 6.19. The number of fused-ring (bicyclic) bond motifs is 7. The lowest BCUT2D eigenvalue weighted by Gasteiger charge is -2.25. The quantitative estimate of drug-likeness (QED) is 0.419. The van der Waals surface area contributed by atoms with Gasteiger partial charge in [0.2, 0.25) is 11.8 Å².